The van der Waals surface area contributed by atoms with Crippen molar-refractivity contribution < 1.29 is 23.6 Å². The highest BCUT2D eigenvalue weighted by Crippen LogP contribution is 2.36. The molecule has 0 spiro atoms. The third kappa shape index (κ3) is 5.98. The summed E-state index contributed by atoms with van der Waals surface area (Å²) in [5.74, 6) is -0.223. The number of likely N-dealkylation sites (N-methyl/N-ethyl adjacent to an activating group) is 1. The highest BCUT2D eigenvalue weighted by molar-refractivity contribution is 6.61. The maximum Gasteiger partial charge on any atom is 0.498 e. The molecule has 10 heteroatoms. The van der Waals surface area contributed by atoms with Gasteiger partial charge in [-0.3, -0.25) is 9.69 Å². The van der Waals surface area contributed by atoms with Gasteiger partial charge in [-0.1, -0.05) is 13.8 Å². The molecule has 0 radical (unpaired) electrons. The van der Waals surface area contributed by atoms with E-state index in [1.54, 1.807) is 33.2 Å². The molecular weight excluding hydrogens is 411 g/mol. The molecule has 1 N–H and O–H groups in total. The van der Waals surface area contributed by atoms with Crippen molar-refractivity contribution in [2.24, 2.45) is 5.92 Å². The molecule has 1 fully saturated rings. The summed E-state index contributed by atoms with van der Waals surface area (Å²) in [5.41, 5.74) is -0.937. The molecular formula is C22H37BN4O5. The molecule has 2 heterocycles. The van der Waals surface area contributed by atoms with E-state index in [-0.39, 0.29) is 17.8 Å². The van der Waals surface area contributed by atoms with Crippen LogP contribution in [0.5, 0.6) is 0 Å². The van der Waals surface area contributed by atoms with E-state index >= 15 is 0 Å². The summed E-state index contributed by atoms with van der Waals surface area (Å²) in [6.07, 6.45) is 2.57. The molecule has 2 amide bonds. The van der Waals surface area contributed by atoms with Crippen molar-refractivity contribution >= 4 is 30.5 Å². The SMILES string of the molecule is CCN(C(=O)[C@@H](NC(=O)OC(C)(C)C)C(C)C)c1ncc(B2OC(C)(C)C(C)(C)O2)cn1. The van der Waals surface area contributed by atoms with Crippen LogP contribution in [0.4, 0.5) is 10.7 Å². The molecule has 178 valence electrons. The molecule has 1 aromatic rings. The second-order valence-corrected chi connectivity index (χ2v) is 10.4. The van der Waals surface area contributed by atoms with Gasteiger partial charge in [0, 0.05) is 24.4 Å². The fourth-order valence-corrected chi connectivity index (χ4v) is 3.08. The molecule has 1 aliphatic heterocycles. The zero-order valence-corrected chi connectivity index (χ0v) is 21.0. The van der Waals surface area contributed by atoms with Crippen molar-refractivity contribution in [3.63, 3.8) is 0 Å². The molecule has 0 aromatic carbocycles. The van der Waals surface area contributed by atoms with Crippen molar-refractivity contribution in [2.45, 2.75) is 92.1 Å². The van der Waals surface area contributed by atoms with Crippen LogP contribution in [0.15, 0.2) is 12.4 Å². The quantitative estimate of drug-likeness (QED) is 0.668. The molecule has 9 nitrogen and oxygen atoms in total. The van der Waals surface area contributed by atoms with Gasteiger partial charge in [0.25, 0.3) is 5.91 Å². The number of anilines is 1. The number of nitrogens with one attached hydrogen (secondary N) is 1. The molecule has 0 aliphatic carbocycles. The zero-order chi connectivity index (χ0) is 24.5. The molecule has 2 rings (SSSR count). The van der Waals surface area contributed by atoms with E-state index in [4.69, 9.17) is 14.0 Å². The van der Waals surface area contributed by atoms with Crippen molar-refractivity contribution in [2.75, 3.05) is 11.4 Å². The number of alkyl carbamates (subject to hydrolysis) is 1. The van der Waals surface area contributed by atoms with E-state index in [0.29, 0.717) is 12.0 Å². The molecule has 1 atom stereocenters. The van der Waals surface area contributed by atoms with Gasteiger partial charge in [-0.2, -0.15) is 0 Å². The van der Waals surface area contributed by atoms with Crippen LogP contribution in [-0.2, 0) is 18.8 Å². The monoisotopic (exact) mass is 448 g/mol. The van der Waals surface area contributed by atoms with Gasteiger partial charge < -0.3 is 19.4 Å². The van der Waals surface area contributed by atoms with Crippen LogP contribution in [0.1, 0.15) is 69.2 Å². The number of rotatable bonds is 6. The standard InChI is InChI=1S/C22H37BN4O5/c1-11-27(17(28)16(14(2)3)26-19(29)30-20(4,5)6)18-24-12-15(13-25-18)23-31-21(7,8)22(9,10)32-23/h12-14,16H,11H2,1-10H3,(H,26,29)/t16-/m0/s1. The normalized spacial score (nSPS) is 18.4. The van der Waals surface area contributed by atoms with Crippen molar-refractivity contribution in [3.8, 4) is 0 Å². The molecule has 0 unspecified atom stereocenters. The lowest BCUT2D eigenvalue weighted by atomic mass is 9.81. The number of nitrogens with zero attached hydrogens (tertiary/aromatic N) is 3. The highest BCUT2D eigenvalue weighted by Gasteiger charge is 2.52. The fourth-order valence-electron chi connectivity index (χ4n) is 3.08. The molecule has 0 saturated carbocycles. The Hall–Kier alpha value is -2.20. The van der Waals surface area contributed by atoms with E-state index in [9.17, 15) is 9.59 Å². The van der Waals surface area contributed by atoms with Crippen LogP contribution < -0.4 is 15.7 Å². The Morgan fingerprint density at radius 3 is 2.03 bits per heavy atom. The van der Waals surface area contributed by atoms with E-state index in [1.807, 2.05) is 48.5 Å². The number of aromatic nitrogens is 2. The predicted molar refractivity (Wildman–Crippen MR) is 124 cm³/mol. The van der Waals surface area contributed by atoms with Crippen LogP contribution in [0, 0.1) is 5.92 Å². The Bertz CT molecular complexity index is 805. The minimum Gasteiger partial charge on any atom is -0.444 e. The third-order valence-corrected chi connectivity index (χ3v) is 5.61. The van der Waals surface area contributed by atoms with Gasteiger partial charge in [0.2, 0.25) is 5.95 Å². The summed E-state index contributed by atoms with van der Waals surface area (Å²) in [5, 5.41) is 2.68. The summed E-state index contributed by atoms with van der Waals surface area (Å²) in [6, 6.07) is -0.781. The van der Waals surface area contributed by atoms with Gasteiger partial charge in [0.05, 0.1) is 11.2 Å². The van der Waals surface area contributed by atoms with Gasteiger partial charge in [-0.05, 0) is 61.3 Å². The minimum atomic E-state index is -0.781. The summed E-state index contributed by atoms with van der Waals surface area (Å²) in [7, 11) is -0.586. The van der Waals surface area contributed by atoms with Gasteiger partial charge in [0.1, 0.15) is 11.6 Å². The first-order valence-electron chi connectivity index (χ1n) is 11.1. The average Bonchev–Trinajstić information content (AvgIpc) is 2.86. The van der Waals surface area contributed by atoms with Crippen molar-refractivity contribution in [1.82, 2.24) is 15.3 Å². The van der Waals surface area contributed by atoms with Crippen LogP contribution in [0.25, 0.3) is 0 Å². The molecule has 0 bridgehead atoms. The van der Waals surface area contributed by atoms with Crippen molar-refractivity contribution in [1.29, 1.82) is 0 Å². The zero-order valence-electron chi connectivity index (χ0n) is 21.0. The topological polar surface area (TPSA) is 103 Å². The molecule has 1 aliphatic rings. The Kier molecular flexibility index (Phi) is 7.61. The Morgan fingerprint density at radius 2 is 1.62 bits per heavy atom. The van der Waals surface area contributed by atoms with Crippen LogP contribution in [0.2, 0.25) is 0 Å². The Labute approximate surface area is 191 Å². The maximum absolute atomic E-state index is 13.3. The first kappa shape index (κ1) is 26.1. The Morgan fingerprint density at radius 1 is 1.12 bits per heavy atom. The van der Waals surface area contributed by atoms with Gasteiger partial charge >= 0.3 is 13.2 Å². The summed E-state index contributed by atoms with van der Waals surface area (Å²) in [6.45, 7) is 19.1. The van der Waals surface area contributed by atoms with Crippen LogP contribution in [-0.4, -0.2) is 58.5 Å². The lowest BCUT2D eigenvalue weighted by Gasteiger charge is -2.32. The fraction of sp³-hybridized carbons (Fsp3) is 0.727. The van der Waals surface area contributed by atoms with Crippen molar-refractivity contribution in [3.05, 3.63) is 12.4 Å². The van der Waals surface area contributed by atoms with Gasteiger partial charge in [-0.25, -0.2) is 14.8 Å². The lowest BCUT2D eigenvalue weighted by Crippen LogP contribution is -2.52. The first-order valence-corrected chi connectivity index (χ1v) is 11.1. The maximum atomic E-state index is 13.3. The van der Waals surface area contributed by atoms with Gasteiger partial charge in [-0.15, -0.1) is 0 Å². The van der Waals surface area contributed by atoms with Crippen LogP contribution >= 0.6 is 0 Å². The first-order chi connectivity index (χ1) is 14.6. The minimum absolute atomic E-state index is 0.159. The number of carbonyl (C=O) groups is 2. The number of carbonyl (C=O) groups excluding carboxylic acids is 2. The second kappa shape index (κ2) is 9.35. The predicted octanol–water partition coefficient (Wildman–Crippen LogP) is 2.68. The summed E-state index contributed by atoms with van der Waals surface area (Å²) in [4.78, 5) is 35.7. The van der Waals surface area contributed by atoms with Crippen LogP contribution in [0.3, 0.4) is 0 Å². The Balaban J connectivity index is 2.18. The lowest BCUT2D eigenvalue weighted by molar-refractivity contribution is -0.121. The number of ether oxygens (including phenoxy) is 1. The largest absolute Gasteiger partial charge is 0.498 e. The smallest absolute Gasteiger partial charge is 0.444 e. The summed E-state index contributed by atoms with van der Waals surface area (Å²) >= 11 is 0. The average molecular weight is 448 g/mol. The number of hydrogen-bond acceptors (Lipinski definition) is 7. The van der Waals surface area contributed by atoms with E-state index < -0.39 is 36.1 Å². The molecule has 1 aromatic heterocycles. The molecule has 32 heavy (non-hydrogen) atoms. The summed E-state index contributed by atoms with van der Waals surface area (Å²) < 4.78 is 17.4. The number of hydrogen-bond donors (Lipinski definition) is 1. The van der Waals surface area contributed by atoms with Gasteiger partial charge in [0.15, 0.2) is 0 Å². The van der Waals surface area contributed by atoms with E-state index in [1.165, 1.54) is 4.90 Å². The molecule has 1 saturated heterocycles. The third-order valence-electron chi connectivity index (χ3n) is 5.61. The van der Waals surface area contributed by atoms with E-state index in [0.717, 1.165) is 0 Å². The second-order valence-electron chi connectivity index (χ2n) is 10.4. The van der Waals surface area contributed by atoms with E-state index in [2.05, 4.69) is 15.3 Å². The highest BCUT2D eigenvalue weighted by atomic mass is 16.7. The number of amides is 2.